The molecule has 0 spiro atoms. The van der Waals surface area contributed by atoms with Crippen molar-refractivity contribution in [1.29, 1.82) is 0 Å². The quantitative estimate of drug-likeness (QED) is 0.665. The Morgan fingerprint density at radius 2 is 1.90 bits per heavy atom. The van der Waals surface area contributed by atoms with Gasteiger partial charge >= 0.3 is 0 Å². The summed E-state index contributed by atoms with van der Waals surface area (Å²) in [4.78, 5) is 41.4. The molecule has 154 valence electrons. The zero-order valence-corrected chi connectivity index (χ0v) is 16.7. The highest BCUT2D eigenvalue weighted by atomic mass is 16.2. The molecule has 0 radical (unpaired) electrons. The summed E-state index contributed by atoms with van der Waals surface area (Å²) >= 11 is 0. The monoisotopic (exact) mass is 396 g/mol. The zero-order valence-electron chi connectivity index (χ0n) is 16.7. The number of pyridine rings is 1. The van der Waals surface area contributed by atoms with E-state index in [4.69, 9.17) is 0 Å². The second kappa shape index (κ2) is 10.0. The van der Waals surface area contributed by atoms with Crippen molar-refractivity contribution in [3.8, 4) is 0 Å². The fourth-order valence-corrected chi connectivity index (χ4v) is 3.57. The molecule has 0 atom stereocenters. The van der Waals surface area contributed by atoms with Crippen LogP contribution in [0.3, 0.4) is 0 Å². The molecule has 0 saturated carbocycles. The Morgan fingerprint density at radius 3 is 2.62 bits per heavy atom. The first-order valence-electron chi connectivity index (χ1n) is 10.1. The topological polar surface area (TPSA) is 94.3 Å². The van der Waals surface area contributed by atoms with E-state index in [2.05, 4.69) is 15.6 Å². The summed E-state index contributed by atoms with van der Waals surface area (Å²) in [7, 11) is 1.64. The number of aromatic amines is 1. The fraction of sp³-hybridized carbons (Fsp3) is 0.409. The summed E-state index contributed by atoms with van der Waals surface area (Å²) in [5, 5.41) is 6.22. The molecule has 2 amide bonds. The van der Waals surface area contributed by atoms with Gasteiger partial charge in [0.05, 0.1) is 5.56 Å². The van der Waals surface area contributed by atoms with Crippen LogP contribution in [0.25, 0.3) is 0 Å². The Hall–Kier alpha value is -2.93. The third kappa shape index (κ3) is 5.77. The summed E-state index contributed by atoms with van der Waals surface area (Å²) in [6, 6.07) is 10.9. The standard InChI is InChI=1S/C22H28N4O3/c1-26(15-17-5-3-2-4-6-17)22(29)19-13-18(14-25-21(19)28)20(27)24-12-9-16-7-10-23-11-8-16/h2-6,13-14,16,23H,7-12,15H2,1H3,(H,24,27)(H,25,28). The Bertz CT molecular complexity index is 888. The van der Waals surface area contributed by atoms with Crippen LogP contribution in [-0.4, -0.2) is 48.4 Å². The predicted molar refractivity (Wildman–Crippen MR) is 112 cm³/mol. The molecule has 2 aromatic rings. The predicted octanol–water partition coefficient (Wildman–Crippen LogP) is 1.77. The number of benzene rings is 1. The van der Waals surface area contributed by atoms with Crippen LogP contribution in [0.2, 0.25) is 0 Å². The number of hydrogen-bond donors (Lipinski definition) is 3. The van der Waals surface area contributed by atoms with Crippen molar-refractivity contribution in [2.24, 2.45) is 5.92 Å². The maximum Gasteiger partial charge on any atom is 0.260 e. The summed E-state index contributed by atoms with van der Waals surface area (Å²) < 4.78 is 0. The maximum atomic E-state index is 12.7. The van der Waals surface area contributed by atoms with Crippen LogP contribution < -0.4 is 16.2 Å². The van der Waals surface area contributed by atoms with Gasteiger partial charge in [0.25, 0.3) is 17.4 Å². The SMILES string of the molecule is CN(Cc1ccccc1)C(=O)c1cc(C(=O)NCCC2CCNCC2)c[nH]c1=O. The highest BCUT2D eigenvalue weighted by molar-refractivity contribution is 5.99. The number of nitrogens with zero attached hydrogens (tertiary/aromatic N) is 1. The van der Waals surface area contributed by atoms with Crippen molar-refractivity contribution >= 4 is 11.8 Å². The number of nitrogens with one attached hydrogen (secondary N) is 3. The zero-order chi connectivity index (χ0) is 20.6. The third-order valence-corrected chi connectivity index (χ3v) is 5.30. The normalized spacial score (nSPS) is 14.4. The van der Waals surface area contributed by atoms with Gasteiger partial charge in [-0.05, 0) is 49.9 Å². The molecule has 3 N–H and O–H groups in total. The minimum atomic E-state index is -0.499. The van der Waals surface area contributed by atoms with Crippen molar-refractivity contribution in [2.45, 2.75) is 25.8 Å². The molecule has 1 aromatic carbocycles. The van der Waals surface area contributed by atoms with E-state index in [0.717, 1.165) is 37.9 Å². The first-order chi connectivity index (χ1) is 14.0. The van der Waals surface area contributed by atoms with Gasteiger partial charge in [-0.25, -0.2) is 0 Å². The van der Waals surface area contributed by atoms with Crippen molar-refractivity contribution < 1.29 is 9.59 Å². The van der Waals surface area contributed by atoms with Crippen LogP contribution in [0.15, 0.2) is 47.4 Å². The van der Waals surface area contributed by atoms with E-state index >= 15 is 0 Å². The summed E-state index contributed by atoms with van der Waals surface area (Å²) in [6.07, 6.45) is 4.54. The van der Waals surface area contributed by atoms with Crippen LogP contribution in [0, 0.1) is 5.92 Å². The Morgan fingerprint density at radius 1 is 1.17 bits per heavy atom. The van der Waals surface area contributed by atoms with Gasteiger partial charge in [0.15, 0.2) is 0 Å². The summed E-state index contributed by atoms with van der Waals surface area (Å²) in [6.45, 7) is 3.02. The number of aromatic nitrogens is 1. The molecule has 1 saturated heterocycles. The lowest BCUT2D eigenvalue weighted by Gasteiger charge is -2.22. The van der Waals surface area contributed by atoms with Crippen molar-refractivity contribution in [3.05, 3.63) is 69.6 Å². The molecule has 7 nitrogen and oxygen atoms in total. The van der Waals surface area contributed by atoms with E-state index in [-0.39, 0.29) is 17.0 Å². The highest BCUT2D eigenvalue weighted by Gasteiger charge is 2.19. The van der Waals surface area contributed by atoms with E-state index in [1.54, 1.807) is 7.05 Å². The van der Waals surface area contributed by atoms with Crippen LogP contribution in [0.4, 0.5) is 0 Å². The molecule has 3 rings (SSSR count). The molecule has 0 bridgehead atoms. The average Bonchev–Trinajstić information content (AvgIpc) is 2.75. The van der Waals surface area contributed by atoms with E-state index in [1.807, 2.05) is 30.3 Å². The van der Waals surface area contributed by atoms with Gasteiger partial charge in [-0.1, -0.05) is 30.3 Å². The van der Waals surface area contributed by atoms with E-state index < -0.39 is 11.5 Å². The lowest BCUT2D eigenvalue weighted by molar-refractivity contribution is 0.0783. The molecule has 1 aliphatic rings. The van der Waals surface area contributed by atoms with Crippen molar-refractivity contribution in [1.82, 2.24) is 20.5 Å². The van der Waals surface area contributed by atoms with Crippen molar-refractivity contribution in [2.75, 3.05) is 26.7 Å². The Balaban J connectivity index is 1.61. The van der Waals surface area contributed by atoms with Crippen LogP contribution in [0.1, 0.15) is 45.5 Å². The third-order valence-electron chi connectivity index (χ3n) is 5.30. The second-order valence-corrected chi connectivity index (χ2v) is 7.52. The van der Waals surface area contributed by atoms with Crippen LogP contribution in [-0.2, 0) is 6.54 Å². The van der Waals surface area contributed by atoms with Crippen LogP contribution in [0.5, 0.6) is 0 Å². The van der Waals surface area contributed by atoms with E-state index in [1.165, 1.54) is 17.2 Å². The van der Waals surface area contributed by atoms with E-state index in [9.17, 15) is 14.4 Å². The first kappa shape index (κ1) is 20.8. The molecule has 0 aliphatic carbocycles. The molecule has 2 heterocycles. The summed E-state index contributed by atoms with van der Waals surface area (Å²) in [5.41, 5.74) is 0.716. The fourth-order valence-electron chi connectivity index (χ4n) is 3.57. The smallest absolute Gasteiger partial charge is 0.260 e. The molecule has 0 unspecified atom stereocenters. The Kier molecular flexibility index (Phi) is 7.19. The minimum Gasteiger partial charge on any atom is -0.352 e. The molecular weight excluding hydrogens is 368 g/mol. The van der Waals surface area contributed by atoms with Gasteiger partial charge < -0.3 is 20.5 Å². The molecule has 29 heavy (non-hydrogen) atoms. The minimum absolute atomic E-state index is 0.0329. The molecule has 1 aromatic heterocycles. The second-order valence-electron chi connectivity index (χ2n) is 7.52. The number of rotatable bonds is 7. The molecular formula is C22H28N4O3. The number of hydrogen-bond acceptors (Lipinski definition) is 4. The van der Waals surface area contributed by atoms with Crippen molar-refractivity contribution in [3.63, 3.8) is 0 Å². The van der Waals surface area contributed by atoms with E-state index in [0.29, 0.717) is 19.0 Å². The van der Waals surface area contributed by atoms with Gasteiger partial charge in [0.1, 0.15) is 5.56 Å². The number of carbonyl (C=O) groups is 2. The highest BCUT2D eigenvalue weighted by Crippen LogP contribution is 2.15. The number of carbonyl (C=O) groups excluding carboxylic acids is 2. The largest absolute Gasteiger partial charge is 0.352 e. The van der Waals surface area contributed by atoms with Gasteiger partial charge in [-0.15, -0.1) is 0 Å². The van der Waals surface area contributed by atoms with Gasteiger partial charge in [0, 0.05) is 26.3 Å². The molecule has 1 fully saturated rings. The van der Waals surface area contributed by atoms with Gasteiger partial charge in [0.2, 0.25) is 0 Å². The average molecular weight is 396 g/mol. The lowest BCUT2D eigenvalue weighted by atomic mass is 9.95. The number of H-pyrrole nitrogens is 1. The lowest BCUT2D eigenvalue weighted by Crippen LogP contribution is -2.33. The number of piperidine rings is 1. The van der Waals surface area contributed by atoms with Gasteiger partial charge in [-0.2, -0.15) is 0 Å². The van der Waals surface area contributed by atoms with Crippen LogP contribution >= 0.6 is 0 Å². The molecule has 1 aliphatic heterocycles. The molecule has 7 heteroatoms. The van der Waals surface area contributed by atoms with Gasteiger partial charge in [-0.3, -0.25) is 14.4 Å². The summed E-state index contributed by atoms with van der Waals surface area (Å²) in [5.74, 6) is -0.0784. The maximum absolute atomic E-state index is 12.7. The Labute approximate surface area is 170 Å². The number of amides is 2. The first-order valence-corrected chi connectivity index (χ1v) is 10.1.